The molecule has 4 aromatic rings. The van der Waals surface area contributed by atoms with Crippen molar-refractivity contribution in [3.05, 3.63) is 93.4 Å². The van der Waals surface area contributed by atoms with Gasteiger partial charge in [-0.25, -0.2) is 18.7 Å². The van der Waals surface area contributed by atoms with E-state index in [1.165, 1.54) is 18.5 Å². The number of hydrogen-bond acceptors (Lipinski definition) is 5. The second-order valence-electron chi connectivity index (χ2n) is 6.32. The number of H-pyrrole nitrogens is 1. The summed E-state index contributed by atoms with van der Waals surface area (Å²) in [5, 5.41) is 0.652. The van der Waals surface area contributed by atoms with Crippen LogP contribution in [0.25, 0.3) is 10.9 Å². The van der Waals surface area contributed by atoms with Gasteiger partial charge in [0.1, 0.15) is 17.3 Å². The lowest BCUT2D eigenvalue weighted by atomic mass is 10.1. The normalized spacial score (nSPS) is 11.0. The third-order valence-corrected chi connectivity index (χ3v) is 4.58. The molecule has 0 bridgehead atoms. The number of rotatable bonds is 5. The highest BCUT2D eigenvalue weighted by atomic mass is 35.5. The molecule has 0 saturated carbocycles. The summed E-state index contributed by atoms with van der Waals surface area (Å²) in [7, 11) is 0. The number of aromatic nitrogens is 4. The van der Waals surface area contributed by atoms with Crippen LogP contribution in [-0.2, 0) is 13.1 Å². The van der Waals surface area contributed by atoms with Gasteiger partial charge in [-0.05, 0) is 29.8 Å². The fourth-order valence-corrected chi connectivity index (χ4v) is 3.22. The Balaban J connectivity index is 1.80. The van der Waals surface area contributed by atoms with Gasteiger partial charge in [-0.2, -0.15) is 0 Å². The molecule has 1 N–H and O–H groups in total. The molecule has 0 fully saturated rings. The van der Waals surface area contributed by atoms with Crippen LogP contribution < -0.4 is 10.5 Å². The number of hydrogen-bond donors (Lipinski definition) is 1. The molecule has 0 radical (unpaired) electrons. The molecule has 146 valence electrons. The first-order chi connectivity index (χ1) is 14.0. The van der Waals surface area contributed by atoms with E-state index in [-0.39, 0.29) is 17.2 Å². The number of halogens is 3. The van der Waals surface area contributed by atoms with E-state index < -0.39 is 17.2 Å². The first-order valence-corrected chi connectivity index (χ1v) is 9.01. The Labute approximate surface area is 168 Å². The molecule has 3 heterocycles. The highest BCUT2D eigenvalue weighted by Crippen LogP contribution is 2.24. The van der Waals surface area contributed by atoms with Crippen LogP contribution in [0.4, 0.5) is 14.6 Å². The second kappa shape index (κ2) is 7.92. The van der Waals surface area contributed by atoms with Crippen molar-refractivity contribution in [1.82, 2.24) is 19.9 Å². The van der Waals surface area contributed by atoms with E-state index in [1.54, 1.807) is 18.3 Å². The minimum absolute atomic E-state index is 0.175. The quantitative estimate of drug-likeness (QED) is 0.503. The Morgan fingerprint density at radius 3 is 2.66 bits per heavy atom. The predicted octanol–water partition coefficient (Wildman–Crippen LogP) is 3.85. The van der Waals surface area contributed by atoms with Gasteiger partial charge in [0.2, 0.25) is 5.56 Å². The zero-order valence-corrected chi connectivity index (χ0v) is 15.7. The van der Waals surface area contributed by atoms with Gasteiger partial charge in [-0.15, -0.1) is 0 Å². The third-order valence-electron chi connectivity index (χ3n) is 4.38. The average molecular weight is 414 g/mol. The summed E-state index contributed by atoms with van der Waals surface area (Å²) in [4.78, 5) is 28.7. The third kappa shape index (κ3) is 4.07. The molecule has 0 aliphatic heterocycles. The molecular formula is C20H14ClF2N5O. The van der Waals surface area contributed by atoms with Crippen LogP contribution in [-0.4, -0.2) is 19.9 Å². The van der Waals surface area contributed by atoms with Crippen molar-refractivity contribution in [2.24, 2.45) is 0 Å². The average Bonchev–Trinajstić information content (AvgIpc) is 2.71. The van der Waals surface area contributed by atoms with Crippen molar-refractivity contribution in [3.63, 3.8) is 0 Å². The lowest BCUT2D eigenvalue weighted by Crippen LogP contribution is -2.25. The minimum Gasteiger partial charge on any atom is -0.346 e. The standard InChI is InChI=1S/C20H14ClF2N5O/c21-16-8-17(26-11-25-16)28(10-13-3-1-2-6-24-13)9-12-7-18(29)27-20-14(12)4-5-15(22)19(20)23/h1-8,11H,9-10H2,(H,27,29). The van der Waals surface area contributed by atoms with Gasteiger partial charge in [-0.3, -0.25) is 9.78 Å². The first kappa shape index (κ1) is 18.9. The number of anilines is 1. The number of nitrogens with one attached hydrogen (secondary N) is 1. The van der Waals surface area contributed by atoms with Crippen LogP contribution in [0.15, 0.2) is 59.8 Å². The summed E-state index contributed by atoms with van der Waals surface area (Å²) >= 11 is 6.01. The first-order valence-electron chi connectivity index (χ1n) is 8.63. The summed E-state index contributed by atoms with van der Waals surface area (Å²) in [6.45, 7) is 0.543. The van der Waals surface area contributed by atoms with Crippen LogP contribution in [0.1, 0.15) is 11.3 Å². The number of nitrogens with zero attached hydrogens (tertiary/aromatic N) is 4. The molecule has 0 aliphatic carbocycles. The lowest BCUT2D eigenvalue weighted by Gasteiger charge is -2.24. The number of aromatic amines is 1. The van der Waals surface area contributed by atoms with E-state index in [0.717, 1.165) is 11.8 Å². The maximum Gasteiger partial charge on any atom is 0.248 e. The Kier molecular flexibility index (Phi) is 5.18. The second-order valence-corrected chi connectivity index (χ2v) is 6.71. The Morgan fingerprint density at radius 1 is 1.03 bits per heavy atom. The van der Waals surface area contributed by atoms with E-state index >= 15 is 0 Å². The molecule has 3 aromatic heterocycles. The summed E-state index contributed by atoms with van der Waals surface area (Å²) in [6, 6.07) is 10.9. The molecule has 9 heteroatoms. The molecule has 6 nitrogen and oxygen atoms in total. The topological polar surface area (TPSA) is 74.8 Å². The Bertz CT molecular complexity index is 1230. The van der Waals surface area contributed by atoms with E-state index in [2.05, 4.69) is 19.9 Å². The van der Waals surface area contributed by atoms with Gasteiger partial charge in [0.15, 0.2) is 11.6 Å². The van der Waals surface area contributed by atoms with E-state index in [4.69, 9.17) is 11.6 Å². The van der Waals surface area contributed by atoms with Crippen LogP contribution in [0.2, 0.25) is 5.15 Å². The van der Waals surface area contributed by atoms with Crippen molar-refractivity contribution in [3.8, 4) is 0 Å². The highest BCUT2D eigenvalue weighted by Gasteiger charge is 2.16. The predicted molar refractivity (Wildman–Crippen MR) is 106 cm³/mol. The van der Waals surface area contributed by atoms with Gasteiger partial charge < -0.3 is 9.88 Å². The Hall–Kier alpha value is -3.39. The molecule has 4 rings (SSSR count). The van der Waals surface area contributed by atoms with Crippen LogP contribution >= 0.6 is 11.6 Å². The molecular weight excluding hydrogens is 400 g/mol. The Morgan fingerprint density at radius 2 is 1.90 bits per heavy atom. The molecule has 0 aliphatic rings. The monoisotopic (exact) mass is 413 g/mol. The van der Waals surface area contributed by atoms with Crippen LogP contribution in [0.5, 0.6) is 0 Å². The lowest BCUT2D eigenvalue weighted by molar-refractivity contribution is 0.515. The number of fused-ring (bicyclic) bond motifs is 1. The largest absolute Gasteiger partial charge is 0.346 e. The van der Waals surface area contributed by atoms with Crippen molar-refractivity contribution in [2.45, 2.75) is 13.1 Å². The maximum absolute atomic E-state index is 14.2. The highest BCUT2D eigenvalue weighted by molar-refractivity contribution is 6.29. The molecule has 0 amide bonds. The molecule has 0 atom stereocenters. The van der Waals surface area contributed by atoms with Gasteiger partial charge in [0, 0.05) is 30.3 Å². The zero-order chi connectivity index (χ0) is 20.4. The van der Waals surface area contributed by atoms with Crippen molar-refractivity contribution in [2.75, 3.05) is 4.90 Å². The fraction of sp³-hybridized carbons (Fsp3) is 0.100. The van der Waals surface area contributed by atoms with Gasteiger partial charge in [0.25, 0.3) is 0 Å². The number of benzene rings is 1. The van der Waals surface area contributed by atoms with Crippen LogP contribution in [0.3, 0.4) is 0 Å². The SMILES string of the molecule is O=c1cc(CN(Cc2ccccn2)c2cc(Cl)ncn2)c2ccc(F)c(F)c2[nH]1. The molecule has 0 spiro atoms. The zero-order valence-electron chi connectivity index (χ0n) is 14.9. The van der Waals surface area contributed by atoms with Gasteiger partial charge >= 0.3 is 0 Å². The van der Waals surface area contributed by atoms with E-state index in [1.807, 2.05) is 17.0 Å². The van der Waals surface area contributed by atoms with Crippen LogP contribution in [0, 0.1) is 11.6 Å². The van der Waals surface area contributed by atoms with Gasteiger partial charge in [0.05, 0.1) is 17.8 Å². The fourth-order valence-electron chi connectivity index (χ4n) is 3.07. The number of pyridine rings is 2. The maximum atomic E-state index is 14.2. The molecule has 0 unspecified atom stereocenters. The molecule has 29 heavy (non-hydrogen) atoms. The van der Waals surface area contributed by atoms with Crippen molar-refractivity contribution >= 4 is 28.3 Å². The van der Waals surface area contributed by atoms with Gasteiger partial charge in [-0.1, -0.05) is 17.7 Å². The summed E-state index contributed by atoms with van der Waals surface area (Å²) < 4.78 is 27.8. The molecule has 1 aromatic carbocycles. The van der Waals surface area contributed by atoms with E-state index in [0.29, 0.717) is 23.3 Å². The van der Waals surface area contributed by atoms with Crippen molar-refractivity contribution < 1.29 is 8.78 Å². The summed E-state index contributed by atoms with van der Waals surface area (Å²) in [5.41, 5.74) is 0.559. The smallest absolute Gasteiger partial charge is 0.248 e. The minimum atomic E-state index is -1.09. The van der Waals surface area contributed by atoms with Crippen molar-refractivity contribution in [1.29, 1.82) is 0 Å². The molecule has 0 saturated heterocycles. The summed E-state index contributed by atoms with van der Waals surface area (Å²) in [6.07, 6.45) is 3.00. The summed E-state index contributed by atoms with van der Waals surface area (Å²) in [5.74, 6) is -1.62. The van der Waals surface area contributed by atoms with E-state index in [9.17, 15) is 13.6 Å².